The highest BCUT2D eigenvalue weighted by Crippen LogP contribution is 2.33. The summed E-state index contributed by atoms with van der Waals surface area (Å²) in [5.74, 6) is -1.36. The lowest BCUT2D eigenvalue weighted by atomic mass is 9.92. The van der Waals surface area contributed by atoms with Gasteiger partial charge >= 0.3 is 5.97 Å². The first kappa shape index (κ1) is 24.2. The molecule has 33 heavy (non-hydrogen) atoms. The zero-order chi connectivity index (χ0) is 24.4. The van der Waals surface area contributed by atoms with E-state index in [1.165, 1.54) is 12.1 Å². The first-order valence-corrected chi connectivity index (χ1v) is 11.0. The first-order valence-electron chi connectivity index (χ1n) is 11.0. The Hall–Kier alpha value is -3.41. The lowest BCUT2D eigenvalue weighted by Gasteiger charge is -2.16. The zero-order valence-corrected chi connectivity index (χ0v) is 19.9. The largest absolute Gasteiger partial charge is 0.507 e. The van der Waals surface area contributed by atoms with Crippen molar-refractivity contribution in [1.29, 1.82) is 0 Å². The molecule has 0 aliphatic heterocycles. The number of ketones is 1. The average Bonchev–Trinajstić information content (AvgIpc) is 3.06. The standard InChI is InChI=1S/C27H30FNO4/c1-15(2)19-12-22(16(3)4)26(31)24(13-19)27(32)33-14-25(30)23-11-17(5)29(18(23)6)21-9-7-20(28)8-10-21/h7-13,15-16,31H,14H2,1-6H3. The minimum atomic E-state index is -0.738. The van der Waals surface area contributed by atoms with Crippen LogP contribution in [0.1, 0.15) is 82.8 Å². The Labute approximate surface area is 193 Å². The molecule has 0 spiro atoms. The van der Waals surface area contributed by atoms with Crippen molar-refractivity contribution in [3.05, 3.63) is 81.9 Å². The fourth-order valence-corrected chi connectivity index (χ4v) is 3.93. The first-order chi connectivity index (χ1) is 15.5. The van der Waals surface area contributed by atoms with Crippen molar-refractivity contribution in [2.24, 2.45) is 0 Å². The van der Waals surface area contributed by atoms with Crippen molar-refractivity contribution in [3.63, 3.8) is 0 Å². The highest BCUT2D eigenvalue weighted by molar-refractivity contribution is 6.01. The van der Waals surface area contributed by atoms with Crippen molar-refractivity contribution in [2.45, 2.75) is 53.4 Å². The second-order valence-corrected chi connectivity index (χ2v) is 8.91. The Morgan fingerprint density at radius 2 is 1.61 bits per heavy atom. The molecule has 1 aromatic heterocycles. The van der Waals surface area contributed by atoms with Crippen LogP contribution in [0, 0.1) is 19.7 Å². The van der Waals surface area contributed by atoms with Crippen LogP contribution in [0.5, 0.6) is 5.75 Å². The monoisotopic (exact) mass is 451 g/mol. The molecule has 0 amide bonds. The molecular formula is C27H30FNO4. The fourth-order valence-electron chi connectivity index (χ4n) is 3.93. The lowest BCUT2D eigenvalue weighted by molar-refractivity contribution is 0.0471. The molecule has 0 aliphatic rings. The number of halogens is 1. The van der Waals surface area contributed by atoms with Gasteiger partial charge in [-0.25, -0.2) is 9.18 Å². The summed E-state index contributed by atoms with van der Waals surface area (Å²) in [6.07, 6.45) is 0. The number of carbonyl (C=O) groups is 2. The number of carbonyl (C=O) groups excluding carboxylic acids is 2. The number of benzene rings is 2. The molecule has 0 atom stereocenters. The van der Waals surface area contributed by atoms with E-state index in [1.54, 1.807) is 31.2 Å². The molecule has 174 valence electrons. The number of ether oxygens (including phenoxy) is 1. The van der Waals surface area contributed by atoms with E-state index in [0.29, 0.717) is 16.8 Å². The molecule has 1 N–H and O–H groups in total. The Bertz CT molecular complexity index is 1190. The van der Waals surface area contributed by atoms with Crippen LogP contribution in [0.25, 0.3) is 5.69 Å². The number of esters is 1. The maximum absolute atomic E-state index is 13.3. The van der Waals surface area contributed by atoms with E-state index in [0.717, 1.165) is 16.9 Å². The van der Waals surface area contributed by atoms with Gasteiger partial charge < -0.3 is 14.4 Å². The maximum atomic E-state index is 13.3. The van der Waals surface area contributed by atoms with Crippen LogP contribution in [0.4, 0.5) is 4.39 Å². The van der Waals surface area contributed by atoms with Crippen molar-refractivity contribution in [2.75, 3.05) is 6.61 Å². The van der Waals surface area contributed by atoms with Gasteiger partial charge in [0.05, 0.1) is 0 Å². The van der Waals surface area contributed by atoms with E-state index in [-0.39, 0.29) is 34.7 Å². The lowest BCUT2D eigenvalue weighted by Crippen LogP contribution is -2.16. The van der Waals surface area contributed by atoms with Crippen LogP contribution < -0.4 is 0 Å². The topological polar surface area (TPSA) is 68.5 Å². The van der Waals surface area contributed by atoms with Crippen molar-refractivity contribution < 1.29 is 23.8 Å². The number of aryl methyl sites for hydroxylation is 1. The fraction of sp³-hybridized carbons (Fsp3) is 0.333. The molecule has 0 bridgehead atoms. The number of nitrogens with zero attached hydrogens (tertiary/aromatic N) is 1. The Kier molecular flexibility index (Phi) is 7.06. The van der Waals surface area contributed by atoms with Gasteiger partial charge in [0.2, 0.25) is 5.78 Å². The second-order valence-electron chi connectivity index (χ2n) is 8.91. The third-order valence-electron chi connectivity index (χ3n) is 5.82. The second kappa shape index (κ2) is 9.61. The molecule has 3 aromatic rings. The highest BCUT2D eigenvalue weighted by atomic mass is 19.1. The van der Waals surface area contributed by atoms with E-state index in [2.05, 4.69) is 0 Å². The molecule has 5 nitrogen and oxygen atoms in total. The van der Waals surface area contributed by atoms with Gasteiger partial charge in [-0.15, -0.1) is 0 Å². The predicted octanol–water partition coefficient (Wildman–Crippen LogP) is 6.23. The maximum Gasteiger partial charge on any atom is 0.342 e. The third kappa shape index (κ3) is 5.00. The van der Waals surface area contributed by atoms with Crippen molar-refractivity contribution >= 4 is 11.8 Å². The molecule has 3 rings (SSSR count). The van der Waals surface area contributed by atoms with Crippen LogP contribution in [0.15, 0.2) is 42.5 Å². The van der Waals surface area contributed by atoms with Gasteiger partial charge in [0.15, 0.2) is 6.61 Å². The number of hydrogen-bond donors (Lipinski definition) is 1. The number of phenols is 1. The number of aromatic hydroxyl groups is 1. The summed E-state index contributed by atoms with van der Waals surface area (Å²) in [7, 11) is 0. The molecule has 2 aromatic carbocycles. The van der Waals surface area contributed by atoms with Gasteiger partial charge in [0, 0.05) is 22.6 Å². The van der Waals surface area contributed by atoms with Gasteiger partial charge in [-0.1, -0.05) is 33.8 Å². The van der Waals surface area contributed by atoms with Gasteiger partial charge in [0.1, 0.15) is 17.1 Å². The molecule has 0 saturated heterocycles. The molecule has 1 heterocycles. The average molecular weight is 452 g/mol. The number of rotatable bonds is 7. The summed E-state index contributed by atoms with van der Waals surface area (Å²) < 4.78 is 20.5. The van der Waals surface area contributed by atoms with Crippen molar-refractivity contribution in [1.82, 2.24) is 4.57 Å². The van der Waals surface area contributed by atoms with Gasteiger partial charge in [-0.3, -0.25) is 4.79 Å². The van der Waals surface area contributed by atoms with E-state index in [4.69, 9.17) is 4.74 Å². The van der Waals surface area contributed by atoms with Crippen LogP contribution >= 0.6 is 0 Å². The molecule has 0 aliphatic carbocycles. The van der Waals surface area contributed by atoms with E-state index in [1.807, 2.05) is 45.3 Å². The van der Waals surface area contributed by atoms with E-state index in [9.17, 15) is 19.1 Å². The van der Waals surface area contributed by atoms with E-state index < -0.39 is 12.6 Å². The van der Waals surface area contributed by atoms with E-state index >= 15 is 0 Å². The summed E-state index contributed by atoms with van der Waals surface area (Å²) in [4.78, 5) is 25.7. The number of aromatic nitrogens is 1. The number of phenolic OH excluding ortho intramolecular Hbond substituents is 1. The predicted molar refractivity (Wildman–Crippen MR) is 126 cm³/mol. The molecule has 0 radical (unpaired) electrons. The smallest absolute Gasteiger partial charge is 0.342 e. The third-order valence-corrected chi connectivity index (χ3v) is 5.82. The molecule has 0 saturated carbocycles. The van der Waals surface area contributed by atoms with Crippen LogP contribution in [-0.2, 0) is 4.74 Å². The SMILES string of the molecule is Cc1cc(C(=O)COC(=O)c2cc(C(C)C)cc(C(C)C)c2O)c(C)n1-c1ccc(F)cc1. The van der Waals surface area contributed by atoms with Gasteiger partial charge in [0.25, 0.3) is 0 Å². The zero-order valence-electron chi connectivity index (χ0n) is 19.9. The summed E-state index contributed by atoms with van der Waals surface area (Å²) in [6, 6.07) is 11.3. The Morgan fingerprint density at radius 3 is 2.18 bits per heavy atom. The molecule has 0 fully saturated rings. The van der Waals surface area contributed by atoms with Gasteiger partial charge in [-0.05, 0) is 73.2 Å². The van der Waals surface area contributed by atoms with Crippen LogP contribution in [-0.4, -0.2) is 28.0 Å². The molecular weight excluding hydrogens is 421 g/mol. The number of hydrogen-bond acceptors (Lipinski definition) is 4. The molecule has 6 heteroatoms. The summed E-state index contributed by atoms with van der Waals surface area (Å²) in [6.45, 7) is 11.1. The normalized spacial score (nSPS) is 11.3. The minimum absolute atomic E-state index is 0.0220. The Balaban J connectivity index is 1.83. The quantitative estimate of drug-likeness (QED) is 0.342. The van der Waals surface area contributed by atoms with Crippen molar-refractivity contribution in [3.8, 4) is 11.4 Å². The summed E-state index contributed by atoms with van der Waals surface area (Å²) in [5, 5.41) is 10.6. The summed E-state index contributed by atoms with van der Waals surface area (Å²) in [5.41, 5.74) is 4.28. The Morgan fingerprint density at radius 1 is 0.970 bits per heavy atom. The molecule has 0 unspecified atom stereocenters. The van der Waals surface area contributed by atoms with Crippen LogP contribution in [0.2, 0.25) is 0 Å². The van der Waals surface area contributed by atoms with Gasteiger partial charge in [-0.2, -0.15) is 0 Å². The minimum Gasteiger partial charge on any atom is -0.507 e. The summed E-state index contributed by atoms with van der Waals surface area (Å²) >= 11 is 0. The van der Waals surface area contributed by atoms with Crippen LogP contribution in [0.3, 0.4) is 0 Å². The number of Topliss-reactive ketones (excluding diaryl/α,β-unsaturated/α-hetero) is 1. The highest BCUT2D eigenvalue weighted by Gasteiger charge is 2.23.